The minimum Gasteiger partial charge on any atom is -0.374 e. The molecule has 3 atom stereocenters. The van der Waals surface area contributed by atoms with Crippen molar-refractivity contribution in [1.29, 1.82) is 0 Å². The zero-order chi connectivity index (χ0) is 14.4. The lowest BCUT2D eigenvalue weighted by Gasteiger charge is -2.18. The summed E-state index contributed by atoms with van der Waals surface area (Å²) in [5, 5.41) is 0. The summed E-state index contributed by atoms with van der Waals surface area (Å²) in [5.74, 6) is 0.973. The van der Waals surface area contributed by atoms with Gasteiger partial charge in [-0.3, -0.25) is 4.79 Å². The van der Waals surface area contributed by atoms with Crippen LogP contribution in [0.1, 0.15) is 31.0 Å². The van der Waals surface area contributed by atoms with Gasteiger partial charge in [0.1, 0.15) is 10.3 Å². The van der Waals surface area contributed by atoms with E-state index in [4.69, 9.17) is 9.72 Å². The molecular weight excluding hydrogens is 332 g/mol. The summed E-state index contributed by atoms with van der Waals surface area (Å²) >= 11 is 3.36. The summed E-state index contributed by atoms with van der Waals surface area (Å²) in [6, 6.07) is 9.78. The van der Waals surface area contributed by atoms with Crippen LogP contribution >= 0.6 is 15.9 Å². The van der Waals surface area contributed by atoms with Gasteiger partial charge in [0.15, 0.2) is 0 Å². The first-order chi connectivity index (χ1) is 10.2. The summed E-state index contributed by atoms with van der Waals surface area (Å²) in [6.45, 7) is 0. The van der Waals surface area contributed by atoms with Gasteiger partial charge in [-0.2, -0.15) is 0 Å². The van der Waals surface area contributed by atoms with Crippen LogP contribution in [0.25, 0.3) is 11.3 Å². The predicted octanol–water partition coefficient (Wildman–Crippen LogP) is 3.23. The van der Waals surface area contributed by atoms with Gasteiger partial charge in [0.2, 0.25) is 0 Å². The number of ether oxygens (including phenoxy) is 1. The molecule has 2 bridgehead atoms. The number of halogens is 1. The highest BCUT2D eigenvalue weighted by Crippen LogP contribution is 2.43. The Morgan fingerprint density at radius 1 is 1.24 bits per heavy atom. The normalized spacial score (nSPS) is 27.2. The van der Waals surface area contributed by atoms with Crippen LogP contribution in [0.5, 0.6) is 0 Å². The third-order valence-corrected chi connectivity index (χ3v) is 5.12. The van der Waals surface area contributed by atoms with Gasteiger partial charge >= 0.3 is 0 Å². The second-order valence-corrected chi connectivity index (χ2v) is 6.49. The fraction of sp³-hybridized carbons (Fsp3) is 0.375. The lowest BCUT2D eigenvalue weighted by atomic mass is 9.88. The van der Waals surface area contributed by atoms with Crippen LogP contribution in [0, 0.1) is 0 Å². The summed E-state index contributed by atoms with van der Waals surface area (Å²) < 4.78 is 6.37. The third-order valence-electron chi connectivity index (χ3n) is 4.39. The maximum Gasteiger partial charge on any atom is 0.265 e. The van der Waals surface area contributed by atoms with Gasteiger partial charge in [-0.25, -0.2) is 4.98 Å². The van der Waals surface area contributed by atoms with Crippen molar-refractivity contribution in [2.45, 2.75) is 37.4 Å². The second kappa shape index (κ2) is 5.07. The summed E-state index contributed by atoms with van der Waals surface area (Å²) in [5.41, 5.74) is 1.53. The SMILES string of the molecule is O=c1[nH]c(C2CC3CCC2O3)nc(-c2ccccc2)c1Br. The molecule has 2 aliphatic heterocycles. The molecule has 3 unspecified atom stereocenters. The number of nitrogens with one attached hydrogen (secondary N) is 1. The van der Waals surface area contributed by atoms with E-state index in [-0.39, 0.29) is 17.6 Å². The number of aromatic nitrogens is 2. The fourth-order valence-electron chi connectivity index (χ4n) is 3.36. The van der Waals surface area contributed by atoms with E-state index in [2.05, 4.69) is 20.9 Å². The van der Waals surface area contributed by atoms with Gasteiger partial charge in [0.25, 0.3) is 5.56 Å². The molecule has 1 aromatic heterocycles. The Kier molecular flexibility index (Phi) is 3.19. The molecule has 0 radical (unpaired) electrons. The highest BCUT2D eigenvalue weighted by atomic mass is 79.9. The molecule has 5 heteroatoms. The summed E-state index contributed by atoms with van der Waals surface area (Å²) in [7, 11) is 0. The topological polar surface area (TPSA) is 55.0 Å². The maximum atomic E-state index is 12.2. The number of benzene rings is 1. The monoisotopic (exact) mass is 346 g/mol. The Labute approximate surface area is 130 Å². The van der Waals surface area contributed by atoms with E-state index in [0.29, 0.717) is 16.3 Å². The zero-order valence-corrected chi connectivity index (χ0v) is 13.0. The van der Waals surface area contributed by atoms with Gasteiger partial charge in [-0.1, -0.05) is 30.3 Å². The first kappa shape index (κ1) is 13.2. The minimum atomic E-state index is -0.123. The highest BCUT2D eigenvalue weighted by Gasteiger charge is 2.42. The number of hydrogen-bond donors (Lipinski definition) is 1. The number of fused-ring (bicyclic) bond motifs is 2. The smallest absolute Gasteiger partial charge is 0.265 e. The Morgan fingerprint density at radius 2 is 2.05 bits per heavy atom. The molecule has 2 aromatic rings. The standard InChI is InChI=1S/C16H15BrN2O2/c17-13-14(9-4-2-1-3-5-9)18-15(19-16(13)20)11-8-10-6-7-12(11)21-10/h1-5,10-12H,6-8H2,(H,18,19,20). The lowest BCUT2D eigenvalue weighted by molar-refractivity contribution is 0.0998. The molecular formula is C16H15BrN2O2. The Bertz CT molecular complexity index is 729. The third kappa shape index (κ3) is 2.24. The molecule has 0 spiro atoms. The van der Waals surface area contributed by atoms with Crippen LogP contribution in [0.2, 0.25) is 0 Å². The van der Waals surface area contributed by atoms with Crippen LogP contribution in [-0.4, -0.2) is 22.2 Å². The van der Waals surface area contributed by atoms with E-state index in [1.807, 2.05) is 30.3 Å². The van der Waals surface area contributed by atoms with E-state index in [9.17, 15) is 4.79 Å². The van der Waals surface area contributed by atoms with Gasteiger partial charge in [0, 0.05) is 11.5 Å². The average Bonchev–Trinajstić information content (AvgIpc) is 3.13. The van der Waals surface area contributed by atoms with Crippen LogP contribution < -0.4 is 5.56 Å². The molecule has 2 fully saturated rings. The predicted molar refractivity (Wildman–Crippen MR) is 83.2 cm³/mol. The van der Waals surface area contributed by atoms with E-state index in [1.54, 1.807) is 0 Å². The number of nitrogens with zero attached hydrogens (tertiary/aromatic N) is 1. The lowest BCUT2D eigenvalue weighted by Crippen LogP contribution is -2.22. The molecule has 0 aliphatic carbocycles. The largest absolute Gasteiger partial charge is 0.374 e. The van der Waals surface area contributed by atoms with Crippen LogP contribution in [0.3, 0.4) is 0 Å². The van der Waals surface area contributed by atoms with Crippen LogP contribution in [0.4, 0.5) is 0 Å². The van der Waals surface area contributed by atoms with E-state index in [0.717, 1.165) is 30.7 Å². The molecule has 1 aromatic carbocycles. The first-order valence-corrected chi connectivity index (χ1v) is 8.02. The minimum absolute atomic E-state index is 0.123. The molecule has 4 rings (SSSR count). The molecule has 0 amide bonds. The van der Waals surface area contributed by atoms with Gasteiger partial charge in [-0.05, 0) is 35.2 Å². The summed E-state index contributed by atoms with van der Waals surface area (Å²) in [4.78, 5) is 19.9. The fourth-order valence-corrected chi connectivity index (χ4v) is 3.78. The van der Waals surface area contributed by atoms with Crippen molar-refractivity contribution in [3.8, 4) is 11.3 Å². The Balaban J connectivity index is 1.80. The van der Waals surface area contributed by atoms with Crippen LogP contribution in [-0.2, 0) is 4.74 Å². The van der Waals surface area contributed by atoms with Crippen LogP contribution in [0.15, 0.2) is 39.6 Å². The number of aromatic amines is 1. The van der Waals surface area contributed by atoms with Crippen molar-refractivity contribution in [2.75, 3.05) is 0 Å². The van der Waals surface area contributed by atoms with Gasteiger partial charge in [-0.15, -0.1) is 0 Å². The molecule has 2 aliphatic rings. The molecule has 2 saturated heterocycles. The van der Waals surface area contributed by atoms with Crippen molar-refractivity contribution in [1.82, 2.24) is 9.97 Å². The van der Waals surface area contributed by atoms with E-state index >= 15 is 0 Å². The Hall–Kier alpha value is -1.46. The molecule has 0 saturated carbocycles. The molecule has 21 heavy (non-hydrogen) atoms. The quantitative estimate of drug-likeness (QED) is 0.908. The van der Waals surface area contributed by atoms with Crippen molar-refractivity contribution >= 4 is 15.9 Å². The second-order valence-electron chi connectivity index (χ2n) is 5.70. The Morgan fingerprint density at radius 3 is 2.71 bits per heavy atom. The molecule has 108 valence electrons. The summed E-state index contributed by atoms with van der Waals surface area (Å²) in [6.07, 6.45) is 3.71. The average molecular weight is 347 g/mol. The number of H-pyrrole nitrogens is 1. The van der Waals surface area contributed by atoms with Crippen molar-refractivity contribution in [3.05, 3.63) is 51.0 Å². The number of rotatable bonds is 2. The van der Waals surface area contributed by atoms with E-state index < -0.39 is 0 Å². The van der Waals surface area contributed by atoms with Crippen molar-refractivity contribution in [3.63, 3.8) is 0 Å². The van der Waals surface area contributed by atoms with Gasteiger partial charge < -0.3 is 9.72 Å². The molecule has 4 nitrogen and oxygen atoms in total. The first-order valence-electron chi connectivity index (χ1n) is 7.23. The maximum absolute atomic E-state index is 12.2. The molecule has 1 N–H and O–H groups in total. The van der Waals surface area contributed by atoms with E-state index in [1.165, 1.54) is 0 Å². The number of hydrogen-bond acceptors (Lipinski definition) is 3. The van der Waals surface area contributed by atoms with Gasteiger partial charge in [0.05, 0.1) is 17.9 Å². The zero-order valence-electron chi connectivity index (χ0n) is 11.4. The molecule has 3 heterocycles. The van der Waals surface area contributed by atoms with Crippen molar-refractivity contribution in [2.24, 2.45) is 0 Å². The highest BCUT2D eigenvalue weighted by molar-refractivity contribution is 9.10. The van der Waals surface area contributed by atoms with Crippen molar-refractivity contribution < 1.29 is 4.74 Å².